The van der Waals surface area contributed by atoms with Gasteiger partial charge in [-0.25, -0.2) is 4.98 Å². The highest BCUT2D eigenvalue weighted by atomic mass is 32.2. The van der Waals surface area contributed by atoms with Crippen molar-refractivity contribution in [1.82, 2.24) is 14.3 Å². The van der Waals surface area contributed by atoms with Crippen LogP contribution in [0.1, 0.15) is 31.4 Å². The lowest BCUT2D eigenvalue weighted by atomic mass is 10.2. The molecule has 10 heteroatoms. The summed E-state index contributed by atoms with van der Waals surface area (Å²) >= 11 is 6.77. The number of carbonyl (C=O) groups excluding carboxylic acids is 1. The first-order valence-corrected chi connectivity index (χ1v) is 14.0. The number of rotatable bonds is 6. The van der Waals surface area contributed by atoms with Crippen molar-refractivity contribution in [2.75, 3.05) is 43.1 Å². The molecule has 1 amide bonds. The summed E-state index contributed by atoms with van der Waals surface area (Å²) in [6.45, 7) is 8.76. The third-order valence-electron chi connectivity index (χ3n) is 7.12. The fourth-order valence-corrected chi connectivity index (χ4v) is 6.28. The van der Waals surface area contributed by atoms with Crippen LogP contribution in [0, 0.1) is 6.92 Å². The fraction of sp³-hybridized carbons (Fsp3) is 0.357. The van der Waals surface area contributed by atoms with Gasteiger partial charge in [-0.3, -0.25) is 18.9 Å². The molecule has 8 nitrogen and oxygen atoms in total. The third kappa shape index (κ3) is 4.78. The van der Waals surface area contributed by atoms with Crippen LogP contribution < -0.4 is 20.1 Å². The van der Waals surface area contributed by atoms with Gasteiger partial charge >= 0.3 is 0 Å². The van der Waals surface area contributed by atoms with Crippen molar-refractivity contribution < 1.29 is 9.53 Å². The standard InChI is InChI=1S/C28H31N5O3S2/c1-5-19(3)33-27(35)23(38-28(33)37)16-20-25(29-24-11-10-18(2)17-32(24)26(20)34)31-14-12-30(13-15-31)21-8-6-7-9-22(21)36-4/h6-11,16-17,19H,5,12-15H2,1-4H3/b23-16-/t19-/m1/s1. The van der Waals surface area contributed by atoms with Gasteiger partial charge in [0.15, 0.2) is 0 Å². The zero-order chi connectivity index (χ0) is 27.0. The molecule has 2 saturated heterocycles. The molecular formula is C28H31N5O3S2. The number of carbonyl (C=O) groups is 1. The number of pyridine rings is 1. The Morgan fingerprint density at radius 3 is 2.53 bits per heavy atom. The summed E-state index contributed by atoms with van der Waals surface area (Å²) in [5.74, 6) is 1.27. The number of aromatic nitrogens is 2. The highest BCUT2D eigenvalue weighted by Gasteiger charge is 2.35. The molecule has 2 fully saturated rings. The summed E-state index contributed by atoms with van der Waals surface area (Å²) in [5.41, 5.74) is 2.78. The highest BCUT2D eigenvalue weighted by Crippen LogP contribution is 2.36. The number of aryl methyl sites for hydroxylation is 1. The van der Waals surface area contributed by atoms with Crippen LogP contribution in [0.2, 0.25) is 0 Å². The van der Waals surface area contributed by atoms with E-state index in [9.17, 15) is 9.59 Å². The van der Waals surface area contributed by atoms with Gasteiger partial charge in [0.1, 0.15) is 21.5 Å². The van der Waals surface area contributed by atoms with Gasteiger partial charge in [0.25, 0.3) is 11.5 Å². The van der Waals surface area contributed by atoms with E-state index in [0.29, 0.717) is 39.3 Å². The predicted octanol–water partition coefficient (Wildman–Crippen LogP) is 4.34. The van der Waals surface area contributed by atoms with E-state index in [1.807, 2.05) is 51.1 Å². The largest absolute Gasteiger partial charge is 0.495 e. The van der Waals surface area contributed by atoms with Gasteiger partial charge in [-0.2, -0.15) is 0 Å². The Labute approximate surface area is 231 Å². The average molecular weight is 550 g/mol. The van der Waals surface area contributed by atoms with Gasteiger partial charge in [-0.05, 0) is 50.1 Å². The summed E-state index contributed by atoms with van der Waals surface area (Å²) in [6.07, 6.45) is 4.27. The Morgan fingerprint density at radius 1 is 1.11 bits per heavy atom. The van der Waals surface area contributed by atoms with Gasteiger partial charge in [-0.1, -0.05) is 49.1 Å². The minimum atomic E-state index is -0.199. The molecule has 4 heterocycles. The van der Waals surface area contributed by atoms with Crippen LogP contribution in [0.25, 0.3) is 11.7 Å². The second-order valence-corrected chi connectivity index (χ2v) is 11.2. The Kier molecular flexibility index (Phi) is 7.45. The average Bonchev–Trinajstić information content (AvgIpc) is 3.22. The Morgan fingerprint density at radius 2 is 1.82 bits per heavy atom. The summed E-state index contributed by atoms with van der Waals surface area (Å²) < 4.78 is 7.64. The molecule has 0 saturated carbocycles. The maximum atomic E-state index is 13.8. The number of amides is 1. The molecule has 198 valence electrons. The second-order valence-electron chi connectivity index (χ2n) is 9.54. The molecule has 0 spiro atoms. The summed E-state index contributed by atoms with van der Waals surface area (Å²) in [6, 6.07) is 11.8. The second kappa shape index (κ2) is 10.8. The molecule has 1 aromatic carbocycles. The molecule has 2 aromatic heterocycles. The van der Waals surface area contributed by atoms with E-state index in [4.69, 9.17) is 21.9 Å². The smallest absolute Gasteiger partial charge is 0.267 e. The highest BCUT2D eigenvalue weighted by molar-refractivity contribution is 8.26. The van der Waals surface area contributed by atoms with Crippen LogP contribution in [0.3, 0.4) is 0 Å². The van der Waals surface area contributed by atoms with Crippen molar-refractivity contribution in [2.45, 2.75) is 33.2 Å². The summed E-state index contributed by atoms with van der Waals surface area (Å²) in [7, 11) is 1.68. The molecule has 0 N–H and O–H groups in total. The molecule has 0 aliphatic carbocycles. The zero-order valence-electron chi connectivity index (χ0n) is 22.0. The minimum absolute atomic E-state index is 0.00518. The van der Waals surface area contributed by atoms with Crippen molar-refractivity contribution in [1.29, 1.82) is 0 Å². The van der Waals surface area contributed by atoms with Crippen LogP contribution >= 0.6 is 24.0 Å². The van der Waals surface area contributed by atoms with E-state index >= 15 is 0 Å². The SMILES string of the molecule is CC[C@@H](C)N1C(=O)/C(=C/c2c(N3CCN(c4ccccc4OC)CC3)nc3ccc(C)cn3c2=O)SC1=S. The van der Waals surface area contributed by atoms with Crippen LogP contribution in [-0.4, -0.2) is 63.8 Å². The van der Waals surface area contributed by atoms with Crippen molar-refractivity contribution in [3.8, 4) is 5.75 Å². The fourth-order valence-electron chi connectivity index (χ4n) is 4.84. The number of piperazine rings is 1. The Hall–Kier alpha value is -3.37. The van der Waals surface area contributed by atoms with Crippen LogP contribution in [0.5, 0.6) is 5.75 Å². The number of thiocarbonyl (C=S) groups is 1. The van der Waals surface area contributed by atoms with Crippen molar-refractivity contribution >= 4 is 57.4 Å². The zero-order valence-corrected chi connectivity index (χ0v) is 23.6. The van der Waals surface area contributed by atoms with E-state index in [2.05, 4.69) is 15.9 Å². The molecular weight excluding hydrogens is 518 g/mol. The number of hydrogen-bond acceptors (Lipinski definition) is 8. The molecule has 1 atom stereocenters. The maximum Gasteiger partial charge on any atom is 0.267 e. The molecule has 0 unspecified atom stereocenters. The Balaban J connectivity index is 1.54. The molecule has 3 aromatic rings. The number of ether oxygens (including phenoxy) is 1. The van der Waals surface area contributed by atoms with Gasteiger partial charge in [0.2, 0.25) is 0 Å². The van der Waals surface area contributed by atoms with Crippen LogP contribution in [-0.2, 0) is 4.79 Å². The van der Waals surface area contributed by atoms with E-state index in [1.54, 1.807) is 28.7 Å². The topological polar surface area (TPSA) is 70.4 Å². The van der Waals surface area contributed by atoms with Crippen molar-refractivity contribution in [3.63, 3.8) is 0 Å². The van der Waals surface area contributed by atoms with Gasteiger partial charge < -0.3 is 14.5 Å². The molecule has 0 bridgehead atoms. The van der Waals surface area contributed by atoms with E-state index in [-0.39, 0.29) is 17.5 Å². The van der Waals surface area contributed by atoms with Gasteiger partial charge in [-0.15, -0.1) is 0 Å². The number of fused-ring (bicyclic) bond motifs is 1. The lowest BCUT2D eigenvalue weighted by Crippen LogP contribution is -2.47. The van der Waals surface area contributed by atoms with E-state index < -0.39 is 0 Å². The maximum absolute atomic E-state index is 13.8. The lowest BCUT2D eigenvalue weighted by Gasteiger charge is -2.37. The molecule has 0 radical (unpaired) electrons. The predicted molar refractivity (Wildman–Crippen MR) is 158 cm³/mol. The van der Waals surface area contributed by atoms with E-state index in [0.717, 1.165) is 36.5 Å². The number of hydrogen-bond donors (Lipinski definition) is 0. The van der Waals surface area contributed by atoms with Crippen molar-refractivity contribution in [3.05, 3.63) is 69.0 Å². The first-order valence-electron chi connectivity index (χ1n) is 12.7. The Bertz CT molecular complexity index is 1490. The number of methoxy groups -OCH3 is 1. The molecule has 38 heavy (non-hydrogen) atoms. The quantitative estimate of drug-likeness (QED) is 0.332. The van der Waals surface area contributed by atoms with Gasteiger partial charge in [0, 0.05) is 38.4 Å². The van der Waals surface area contributed by atoms with Crippen LogP contribution in [0.4, 0.5) is 11.5 Å². The number of nitrogens with zero attached hydrogens (tertiary/aromatic N) is 5. The van der Waals surface area contributed by atoms with Crippen LogP contribution in [0.15, 0.2) is 52.3 Å². The van der Waals surface area contributed by atoms with Gasteiger partial charge in [0.05, 0.1) is 23.3 Å². The monoisotopic (exact) mass is 549 g/mol. The normalized spacial score (nSPS) is 18.1. The van der Waals surface area contributed by atoms with Crippen molar-refractivity contribution in [2.24, 2.45) is 0 Å². The lowest BCUT2D eigenvalue weighted by molar-refractivity contribution is -0.123. The summed E-state index contributed by atoms with van der Waals surface area (Å²) in [4.78, 5) is 38.5. The number of para-hydroxylation sites is 2. The number of thioether (sulfide) groups is 1. The number of anilines is 2. The minimum Gasteiger partial charge on any atom is -0.495 e. The molecule has 2 aliphatic rings. The molecule has 5 rings (SSSR count). The number of benzene rings is 1. The first kappa shape index (κ1) is 26.2. The molecule has 2 aliphatic heterocycles. The third-order valence-corrected chi connectivity index (χ3v) is 8.45. The van der Waals surface area contributed by atoms with E-state index in [1.165, 1.54) is 11.8 Å². The first-order chi connectivity index (χ1) is 18.3. The summed E-state index contributed by atoms with van der Waals surface area (Å²) in [5, 5.41) is 0.